The highest BCUT2D eigenvalue weighted by Gasteiger charge is 2.12. The van der Waals surface area contributed by atoms with Crippen molar-refractivity contribution in [3.05, 3.63) is 46.9 Å². The Kier molecular flexibility index (Phi) is 4.73. The summed E-state index contributed by atoms with van der Waals surface area (Å²) in [4.78, 5) is 18.8. The molecule has 1 amide bonds. The average molecular weight is 305 g/mol. The summed E-state index contributed by atoms with van der Waals surface area (Å²) >= 11 is 5.96. The fraction of sp³-hybridized carbons (Fsp3) is 0.0714. The van der Waals surface area contributed by atoms with E-state index >= 15 is 0 Å². The zero-order chi connectivity index (χ0) is 15.2. The molecular weight excluding hydrogens is 292 g/mol. The summed E-state index contributed by atoms with van der Waals surface area (Å²) in [5.41, 5.74) is 11.7. The summed E-state index contributed by atoms with van der Waals surface area (Å²) in [5, 5.41) is 0.0245. The molecule has 2 rings (SSSR count). The Morgan fingerprint density at radius 1 is 1.24 bits per heavy atom. The summed E-state index contributed by atoms with van der Waals surface area (Å²) in [6.45, 7) is -0.341. The zero-order valence-corrected chi connectivity index (χ0v) is 11.7. The van der Waals surface area contributed by atoms with Crippen molar-refractivity contribution in [3.63, 3.8) is 0 Å². The van der Waals surface area contributed by atoms with Gasteiger partial charge in [-0.05, 0) is 11.6 Å². The second-order valence-corrected chi connectivity index (χ2v) is 4.44. The summed E-state index contributed by atoms with van der Waals surface area (Å²) in [7, 11) is 0. The van der Waals surface area contributed by atoms with Crippen LogP contribution in [0.5, 0.6) is 5.75 Å². The van der Waals surface area contributed by atoms with Gasteiger partial charge in [-0.25, -0.2) is 9.97 Å². The van der Waals surface area contributed by atoms with Crippen LogP contribution in [0.1, 0.15) is 11.4 Å². The van der Waals surface area contributed by atoms with Gasteiger partial charge < -0.3 is 16.2 Å². The number of ether oxygens (including phenoxy) is 1. The standard InChI is InChI=1S/C14H13ClN4O2/c15-13-12(21-8-10(16)20)14(17)19-11(18-13)7-6-9-4-2-1-3-5-9/h1-7H,8H2,(H2,16,20)(H2,17,18,19)/b7-6+. The van der Waals surface area contributed by atoms with Crippen LogP contribution in [0.2, 0.25) is 5.15 Å². The second kappa shape index (κ2) is 6.71. The van der Waals surface area contributed by atoms with E-state index in [0.29, 0.717) is 5.82 Å². The highest BCUT2D eigenvalue weighted by atomic mass is 35.5. The van der Waals surface area contributed by atoms with Crippen LogP contribution in [0.15, 0.2) is 30.3 Å². The van der Waals surface area contributed by atoms with Gasteiger partial charge in [0.1, 0.15) is 0 Å². The van der Waals surface area contributed by atoms with Crippen LogP contribution in [-0.2, 0) is 4.79 Å². The Morgan fingerprint density at radius 3 is 2.57 bits per heavy atom. The lowest BCUT2D eigenvalue weighted by molar-refractivity contribution is -0.119. The first-order valence-corrected chi connectivity index (χ1v) is 6.41. The number of primary amides is 1. The Bertz CT molecular complexity index is 651. The van der Waals surface area contributed by atoms with Crippen molar-refractivity contribution >= 4 is 35.5 Å². The number of rotatable bonds is 5. The maximum atomic E-state index is 10.7. The van der Waals surface area contributed by atoms with E-state index in [1.165, 1.54) is 0 Å². The maximum Gasteiger partial charge on any atom is 0.255 e. The number of nitrogens with zero attached hydrogens (tertiary/aromatic N) is 2. The Balaban J connectivity index is 2.19. The maximum absolute atomic E-state index is 10.7. The third kappa shape index (κ3) is 4.19. The predicted octanol–water partition coefficient (Wildman–Crippen LogP) is 1.75. The Labute approximate surface area is 126 Å². The molecule has 0 radical (unpaired) electrons. The Hall–Kier alpha value is -2.60. The van der Waals surface area contributed by atoms with Crippen LogP contribution in [0.25, 0.3) is 12.2 Å². The highest BCUT2D eigenvalue weighted by molar-refractivity contribution is 6.31. The molecule has 6 nitrogen and oxygen atoms in total. The molecule has 0 fully saturated rings. The van der Waals surface area contributed by atoms with Crippen molar-refractivity contribution in [1.29, 1.82) is 0 Å². The van der Waals surface area contributed by atoms with Crippen molar-refractivity contribution in [1.82, 2.24) is 9.97 Å². The number of carbonyl (C=O) groups excluding carboxylic acids is 1. The van der Waals surface area contributed by atoms with Gasteiger partial charge >= 0.3 is 0 Å². The molecule has 0 saturated carbocycles. The molecule has 2 aromatic rings. The third-order valence-electron chi connectivity index (χ3n) is 2.45. The van der Waals surface area contributed by atoms with E-state index in [1.54, 1.807) is 6.08 Å². The highest BCUT2D eigenvalue weighted by Crippen LogP contribution is 2.28. The number of hydrogen-bond acceptors (Lipinski definition) is 5. The molecule has 108 valence electrons. The molecule has 0 bridgehead atoms. The van der Waals surface area contributed by atoms with Crippen LogP contribution < -0.4 is 16.2 Å². The van der Waals surface area contributed by atoms with Gasteiger partial charge in [0.25, 0.3) is 5.91 Å². The van der Waals surface area contributed by atoms with Crippen molar-refractivity contribution < 1.29 is 9.53 Å². The molecule has 0 aliphatic rings. The molecule has 0 aliphatic carbocycles. The quantitative estimate of drug-likeness (QED) is 0.819. The van der Waals surface area contributed by atoms with Crippen molar-refractivity contribution in [2.45, 2.75) is 0 Å². The molecule has 1 heterocycles. The van der Waals surface area contributed by atoms with Crippen LogP contribution in [0.3, 0.4) is 0 Å². The molecule has 0 atom stereocenters. The minimum absolute atomic E-state index is 0.0245. The first-order valence-electron chi connectivity index (χ1n) is 6.03. The van der Waals surface area contributed by atoms with E-state index in [9.17, 15) is 4.79 Å². The van der Waals surface area contributed by atoms with Gasteiger partial charge in [0.2, 0.25) is 0 Å². The third-order valence-corrected chi connectivity index (χ3v) is 2.71. The first-order chi connectivity index (χ1) is 10.1. The van der Waals surface area contributed by atoms with Gasteiger partial charge in [-0.2, -0.15) is 0 Å². The number of amides is 1. The number of carbonyl (C=O) groups is 1. The van der Waals surface area contributed by atoms with Gasteiger partial charge in [0, 0.05) is 0 Å². The van der Waals surface area contributed by atoms with Crippen molar-refractivity contribution in [2.24, 2.45) is 5.73 Å². The Morgan fingerprint density at radius 2 is 1.95 bits per heavy atom. The van der Waals surface area contributed by atoms with E-state index in [2.05, 4.69) is 9.97 Å². The van der Waals surface area contributed by atoms with Gasteiger partial charge in [-0.15, -0.1) is 0 Å². The van der Waals surface area contributed by atoms with Gasteiger partial charge in [0.05, 0.1) is 0 Å². The summed E-state index contributed by atoms with van der Waals surface area (Å²) in [6.07, 6.45) is 3.50. The van der Waals surface area contributed by atoms with Crippen molar-refractivity contribution in [3.8, 4) is 5.75 Å². The smallest absolute Gasteiger partial charge is 0.255 e. The normalized spacial score (nSPS) is 10.7. The molecule has 0 aliphatic heterocycles. The van der Waals surface area contributed by atoms with Crippen LogP contribution in [0, 0.1) is 0 Å². The van der Waals surface area contributed by atoms with Gasteiger partial charge in [0.15, 0.2) is 29.2 Å². The largest absolute Gasteiger partial charge is 0.477 e. The number of halogens is 1. The number of aromatic nitrogens is 2. The zero-order valence-electron chi connectivity index (χ0n) is 11.0. The lowest BCUT2D eigenvalue weighted by Gasteiger charge is -2.08. The molecule has 0 spiro atoms. The molecule has 7 heteroatoms. The number of anilines is 1. The molecular formula is C14H13ClN4O2. The molecule has 21 heavy (non-hydrogen) atoms. The molecule has 0 saturated heterocycles. The van der Waals surface area contributed by atoms with Gasteiger partial charge in [-0.3, -0.25) is 4.79 Å². The minimum atomic E-state index is -0.640. The number of hydrogen-bond donors (Lipinski definition) is 2. The van der Waals surface area contributed by atoms with Crippen LogP contribution >= 0.6 is 11.6 Å². The monoisotopic (exact) mass is 304 g/mol. The van der Waals surface area contributed by atoms with Crippen LogP contribution in [-0.4, -0.2) is 22.5 Å². The lowest BCUT2D eigenvalue weighted by atomic mass is 10.2. The molecule has 0 unspecified atom stereocenters. The van der Waals surface area contributed by atoms with E-state index in [0.717, 1.165) is 5.56 Å². The molecule has 1 aromatic carbocycles. The number of nitrogens with two attached hydrogens (primary N) is 2. The average Bonchev–Trinajstić information content (AvgIpc) is 2.45. The molecule has 1 aromatic heterocycles. The molecule has 4 N–H and O–H groups in total. The fourth-order valence-electron chi connectivity index (χ4n) is 1.54. The topological polar surface area (TPSA) is 104 Å². The van der Waals surface area contributed by atoms with Gasteiger partial charge in [-0.1, -0.05) is 48.0 Å². The first kappa shape index (κ1) is 14.8. The number of nitrogen functional groups attached to an aromatic ring is 1. The van der Waals surface area contributed by atoms with E-state index < -0.39 is 5.91 Å². The van der Waals surface area contributed by atoms with E-state index in [1.807, 2.05) is 36.4 Å². The minimum Gasteiger partial charge on any atom is -0.477 e. The lowest BCUT2D eigenvalue weighted by Crippen LogP contribution is -2.21. The fourth-order valence-corrected chi connectivity index (χ4v) is 1.78. The summed E-state index contributed by atoms with van der Waals surface area (Å²) in [6, 6.07) is 9.64. The van der Waals surface area contributed by atoms with E-state index in [-0.39, 0.29) is 23.3 Å². The second-order valence-electron chi connectivity index (χ2n) is 4.09. The van der Waals surface area contributed by atoms with Crippen LogP contribution in [0.4, 0.5) is 5.82 Å². The van der Waals surface area contributed by atoms with Crippen molar-refractivity contribution in [2.75, 3.05) is 12.3 Å². The predicted molar refractivity (Wildman–Crippen MR) is 81.5 cm³/mol. The summed E-state index contributed by atoms with van der Waals surface area (Å²) in [5.74, 6) is -0.206. The SMILES string of the molecule is NC(=O)COc1c(N)nc(/C=C/c2ccccc2)nc1Cl. The van der Waals surface area contributed by atoms with E-state index in [4.69, 9.17) is 27.8 Å². The summed E-state index contributed by atoms with van der Waals surface area (Å²) < 4.78 is 5.07. The number of benzene rings is 1.